The molecule has 0 aliphatic carbocycles. The molecule has 0 fully saturated rings. The molecule has 3 rings (SSSR count). The van der Waals surface area contributed by atoms with Crippen LogP contribution in [0.5, 0.6) is 11.5 Å². The molecule has 0 aliphatic heterocycles. The van der Waals surface area contributed by atoms with E-state index in [4.69, 9.17) is 9.47 Å². The highest BCUT2D eigenvalue weighted by Gasteiger charge is 2.10. The van der Waals surface area contributed by atoms with Crippen molar-refractivity contribution in [2.75, 3.05) is 13.7 Å². The zero-order chi connectivity index (χ0) is 17.8. The highest BCUT2D eigenvalue weighted by molar-refractivity contribution is 5.90. The molecule has 0 atom stereocenters. The Hall–Kier alpha value is -3.26. The largest absolute Gasteiger partial charge is 0.493 e. The van der Waals surface area contributed by atoms with Crippen LogP contribution in [0.1, 0.15) is 23.9 Å². The quantitative estimate of drug-likeness (QED) is 0.705. The molecule has 3 aromatic rings. The van der Waals surface area contributed by atoms with Gasteiger partial charge in [0.15, 0.2) is 11.5 Å². The van der Waals surface area contributed by atoms with E-state index in [9.17, 15) is 5.26 Å². The maximum absolute atomic E-state index is 9.55. The number of ether oxygens (including phenoxy) is 2. The number of nitrogens with zero attached hydrogens (tertiary/aromatic N) is 2. The van der Waals surface area contributed by atoms with Gasteiger partial charge in [-0.2, -0.15) is 5.26 Å². The van der Waals surface area contributed by atoms with Gasteiger partial charge in [0.1, 0.15) is 11.9 Å². The summed E-state index contributed by atoms with van der Waals surface area (Å²) in [5, 5.41) is 9.55. The number of rotatable bonds is 5. The first kappa shape index (κ1) is 16.6. The van der Waals surface area contributed by atoms with Crippen molar-refractivity contribution >= 4 is 22.7 Å². The molecule has 2 aromatic carbocycles. The monoisotopic (exact) mass is 333 g/mol. The van der Waals surface area contributed by atoms with Gasteiger partial charge in [0.2, 0.25) is 0 Å². The van der Waals surface area contributed by atoms with Gasteiger partial charge in [-0.15, -0.1) is 0 Å². The van der Waals surface area contributed by atoms with Gasteiger partial charge in [0.25, 0.3) is 0 Å². The van der Waals surface area contributed by atoms with E-state index in [-0.39, 0.29) is 0 Å². The molecule has 0 spiro atoms. The van der Waals surface area contributed by atoms with Crippen molar-refractivity contribution in [3.05, 3.63) is 53.3 Å². The van der Waals surface area contributed by atoms with Crippen LogP contribution in [0.25, 0.3) is 22.7 Å². The van der Waals surface area contributed by atoms with Crippen molar-refractivity contribution in [1.29, 1.82) is 5.26 Å². The molecule has 0 bridgehead atoms. The van der Waals surface area contributed by atoms with Gasteiger partial charge < -0.3 is 14.5 Å². The summed E-state index contributed by atoms with van der Waals surface area (Å²) < 4.78 is 10.9. The number of methoxy groups -OCH3 is 1. The maximum atomic E-state index is 9.55. The molecule has 126 valence electrons. The second kappa shape index (κ2) is 7.10. The van der Waals surface area contributed by atoms with E-state index in [1.807, 2.05) is 50.2 Å². The number of allylic oxidation sites excluding steroid dienone is 1. The highest BCUT2D eigenvalue weighted by atomic mass is 16.5. The summed E-state index contributed by atoms with van der Waals surface area (Å²) in [6.45, 7) is 4.50. The van der Waals surface area contributed by atoms with Crippen LogP contribution in [-0.4, -0.2) is 23.7 Å². The number of hydrogen-bond donors (Lipinski definition) is 1. The minimum Gasteiger partial charge on any atom is -0.493 e. The van der Waals surface area contributed by atoms with E-state index < -0.39 is 0 Å². The average molecular weight is 333 g/mol. The summed E-state index contributed by atoms with van der Waals surface area (Å²) in [6, 6.07) is 13.7. The third-order valence-electron chi connectivity index (χ3n) is 3.81. The zero-order valence-electron chi connectivity index (χ0n) is 14.5. The summed E-state index contributed by atoms with van der Waals surface area (Å²) in [4.78, 5) is 7.72. The molecule has 1 aromatic heterocycles. The summed E-state index contributed by atoms with van der Waals surface area (Å²) in [6.07, 6.45) is 1.78. The molecular formula is C20H19N3O2. The molecule has 0 saturated carbocycles. The van der Waals surface area contributed by atoms with Crippen LogP contribution in [-0.2, 0) is 0 Å². The fourth-order valence-electron chi connectivity index (χ4n) is 2.62. The Bertz CT molecular complexity index is 980. The third kappa shape index (κ3) is 3.48. The standard InChI is InChI=1S/C20H19N3O2/c1-4-25-18-8-6-14(11-19(18)24-3)10-15(12-21)20-22-16-7-5-13(2)9-17(16)23-20/h5-11H,4H2,1-3H3,(H,22,23). The highest BCUT2D eigenvalue weighted by Crippen LogP contribution is 2.29. The fourth-order valence-corrected chi connectivity index (χ4v) is 2.62. The third-order valence-corrected chi connectivity index (χ3v) is 3.81. The number of H-pyrrole nitrogens is 1. The first-order chi connectivity index (χ1) is 12.1. The summed E-state index contributed by atoms with van der Waals surface area (Å²) in [7, 11) is 1.60. The Morgan fingerprint density at radius 1 is 1.24 bits per heavy atom. The molecule has 0 amide bonds. The van der Waals surface area contributed by atoms with Gasteiger partial charge in [0.05, 0.1) is 30.3 Å². The molecule has 0 unspecified atom stereocenters. The van der Waals surface area contributed by atoms with Gasteiger partial charge in [-0.05, 0) is 55.3 Å². The number of benzene rings is 2. The van der Waals surface area contributed by atoms with Crippen LogP contribution in [0.3, 0.4) is 0 Å². The minimum absolute atomic E-state index is 0.458. The van der Waals surface area contributed by atoms with Crippen molar-refractivity contribution < 1.29 is 9.47 Å². The lowest BCUT2D eigenvalue weighted by molar-refractivity contribution is 0.311. The van der Waals surface area contributed by atoms with E-state index in [1.54, 1.807) is 13.2 Å². The molecule has 25 heavy (non-hydrogen) atoms. The maximum Gasteiger partial charge on any atom is 0.161 e. The Morgan fingerprint density at radius 2 is 2.08 bits per heavy atom. The Balaban J connectivity index is 2.00. The van der Waals surface area contributed by atoms with Gasteiger partial charge in [-0.25, -0.2) is 4.98 Å². The molecular weight excluding hydrogens is 314 g/mol. The second-order valence-electron chi connectivity index (χ2n) is 5.62. The number of aryl methyl sites for hydroxylation is 1. The number of aromatic amines is 1. The molecule has 1 N–H and O–H groups in total. The molecule has 0 saturated heterocycles. The van der Waals surface area contributed by atoms with E-state index >= 15 is 0 Å². The van der Waals surface area contributed by atoms with Crippen molar-refractivity contribution in [3.8, 4) is 17.6 Å². The predicted molar refractivity (Wildman–Crippen MR) is 98.5 cm³/mol. The van der Waals surface area contributed by atoms with Crippen molar-refractivity contribution in [1.82, 2.24) is 9.97 Å². The van der Waals surface area contributed by atoms with Crippen molar-refractivity contribution in [3.63, 3.8) is 0 Å². The van der Waals surface area contributed by atoms with Gasteiger partial charge in [-0.3, -0.25) is 0 Å². The van der Waals surface area contributed by atoms with Crippen molar-refractivity contribution in [2.24, 2.45) is 0 Å². The molecule has 0 aliphatic rings. The number of nitriles is 1. The topological polar surface area (TPSA) is 70.9 Å². The van der Waals surface area contributed by atoms with Crippen LogP contribution < -0.4 is 9.47 Å². The molecule has 5 heteroatoms. The summed E-state index contributed by atoms with van der Waals surface area (Å²) in [5.41, 5.74) is 4.20. The minimum atomic E-state index is 0.458. The van der Waals surface area contributed by atoms with Gasteiger partial charge in [-0.1, -0.05) is 12.1 Å². The van der Waals surface area contributed by atoms with E-state index in [1.165, 1.54) is 0 Å². The van der Waals surface area contributed by atoms with Crippen LogP contribution >= 0.6 is 0 Å². The van der Waals surface area contributed by atoms with Crippen LogP contribution in [0, 0.1) is 18.3 Å². The van der Waals surface area contributed by atoms with Gasteiger partial charge in [0, 0.05) is 0 Å². The van der Waals surface area contributed by atoms with Gasteiger partial charge >= 0.3 is 0 Å². The Labute approximate surface area is 146 Å². The SMILES string of the molecule is CCOc1ccc(C=C(C#N)c2nc3ccc(C)cc3[nH]2)cc1OC. The average Bonchev–Trinajstić information content (AvgIpc) is 3.03. The van der Waals surface area contributed by atoms with E-state index in [2.05, 4.69) is 16.0 Å². The molecule has 0 radical (unpaired) electrons. The summed E-state index contributed by atoms with van der Waals surface area (Å²) >= 11 is 0. The Kier molecular flexibility index (Phi) is 4.71. The van der Waals surface area contributed by atoms with E-state index in [0.717, 1.165) is 22.2 Å². The van der Waals surface area contributed by atoms with Crippen LogP contribution in [0.15, 0.2) is 36.4 Å². The lowest BCUT2D eigenvalue weighted by atomic mass is 10.1. The molecule has 1 heterocycles. The second-order valence-corrected chi connectivity index (χ2v) is 5.62. The molecule has 5 nitrogen and oxygen atoms in total. The van der Waals surface area contributed by atoms with E-state index in [0.29, 0.717) is 29.5 Å². The number of imidazole rings is 1. The number of aromatic nitrogens is 2. The Morgan fingerprint density at radius 3 is 2.80 bits per heavy atom. The number of hydrogen-bond acceptors (Lipinski definition) is 4. The first-order valence-electron chi connectivity index (χ1n) is 8.04. The van der Waals surface area contributed by atoms with Crippen LogP contribution in [0.4, 0.5) is 0 Å². The number of fused-ring (bicyclic) bond motifs is 1. The van der Waals surface area contributed by atoms with Crippen LogP contribution in [0.2, 0.25) is 0 Å². The normalized spacial score (nSPS) is 11.4. The fraction of sp³-hybridized carbons (Fsp3) is 0.200. The lowest BCUT2D eigenvalue weighted by Crippen LogP contribution is -1.95. The lowest BCUT2D eigenvalue weighted by Gasteiger charge is -2.09. The first-order valence-corrected chi connectivity index (χ1v) is 8.04. The smallest absolute Gasteiger partial charge is 0.161 e. The number of nitrogens with one attached hydrogen (secondary N) is 1. The van der Waals surface area contributed by atoms with Crippen molar-refractivity contribution in [2.45, 2.75) is 13.8 Å². The summed E-state index contributed by atoms with van der Waals surface area (Å²) in [5.74, 6) is 1.86. The zero-order valence-corrected chi connectivity index (χ0v) is 14.5. The predicted octanol–water partition coefficient (Wildman–Crippen LogP) is 4.34.